The molecule has 1 heterocycles. The predicted molar refractivity (Wildman–Crippen MR) is 78.5 cm³/mol. The highest BCUT2D eigenvalue weighted by Gasteiger charge is 2.06. The molecule has 5 nitrogen and oxygen atoms in total. The summed E-state index contributed by atoms with van der Waals surface area (Å²) in [6.45, 7) is 4.51. The molecule has 0 saturated heterocycles. The van der Waals surface area contributed by atoms with Crippen LogP contribution in [0.2, 0.25) is 0 Å². The van der Waals surface area contributed by atoms with Gasteiger partial charge in [-0.25, -0.2) is 13.6 Å². The van der Waals surface area contributed by atoms with E-state index in [-0.39, 0.29) is 4.90 Å². The van der Waals surface area contributed by atoms with Gasteiger partial charge in [0.05, 0.1) is 4.90 Å². The molecule has 3 N–H and O–H groups in total. The zero-order valence-corrected chi connectivity index (χ0v) is 12.2. The molecule has 0 saturated carbocycles. The number of aromatic nitrogens is 1. The Labute approximate surface area is 119 Å². The lowest BCUT2D eigenvalue weighted by Gasteiger charge is -2.08. The van der Waals surface area contributed by atoms with Gasteiger partial charge in [0.1, 0.15) is 0 Å². The number of hydrogen-bond acceptors (Lipinski definition) is 3. The van der Waals surface area contributed by atoms with Crippen LogP contribution in [0.15, 0.2) is 47.5 Å². The Morgan fingerprint density at radius 3 is 2.45 bits per heavy atom. The zero-order valence-electron chi connectivity index (χ0n) is 11.4. The molecular formula is C14H19N3O2S. The first-order chi connectivity index (χ1) is 9.50. The third kappa shape index (κ3) is 3.69. The molecule has 1 aromatic heterocycles. The topological polar surface area (TPSA) is 77.1 Å². The number of aryl methyl sites for hydroxylation is 1. The molecule has 2 aromatic rings. The van der Waals surface area contributed by atoms with E-state index >= 15 is 0 Å². The maximum absolute atomic E-state index is 11.1. The highest BCUT2D eigenvalue weighted by Crippen LogP contribution is 2.09. The Morgan fingerprint density at radius 2 is 1.85 bits per heavy atom. The molecule has 0 aliphatic rings. The van der Waals surface area contributed by atoms with E-state index in [1.807, 2.05) is 6.07 Å². The van der Waals surface area contributed by atoms with E-state index in [2.05, 4.69) is 29.1 Å². The molecule has 0 unspecified atom stereocenters. The van der Waals surface area contributed by atoms with Crippen molar-refractivity contribution in [3.05, 3.63) is 53.9 Å². The van der Waals surface area contributed by atoms with Crippen LogP contribution in [0.3, 0.4) is 0 Å². The normalized spacial score (nSPS) is 11.7. The van der Waals surface area contributed by atoms with Crippen LogP contribution in [0.5, 0.6) is 0 Å². The van der Waals surface area contributed by atoms with Crippen LogP contribution < -0.4 is 10.5 Å². The minimum absolute atomic E-state index is 0.140. The minimum atomic E-state index is -3.61. The van der Waals surface area contributed by atoms with Gasteiger partial charge >= 0.3 is 0 Å². The third-order valence-electron chi connectivity index (χ3n) is 3.15. The zero-order chi connectivity index (χ0) is 14.6. The van der Waals surface area contributed by atoms with Gasteiger partial charge in [0.25, 0.3) is 0 Å². The van der Waals surface area contributed by atoms with Gasteiger partial charge in [0.15, 0.2) is 0 Å². The van der Waals surface area contributed by atoms with E-state index in [4.69, 9.17) is 5.14 Å². The van der Waals surface area contributed by atoms with E-state index in [9.17, 15) is 8.42 Å². The monoisotopic (exact) mass is 293 g/mol. The second kappa shape index (κ2) is 6.21. The molecule has 108 valence electrons. The number of benzene rings is 1. The predicted octanol–water partition coefficient (Wildman–Crippen LogP) is 1.45. The van der Waals surface area contributed by atoms with Crippen molar-refractivity contribution in [2.75, 3.05) is 0 Å². The van der Waals surface area contributed by atoms with Crippen molar-refractivity contribution in [3.63, 3.8) is 0 Å². The van der Waals surface area contributed by atoms with Crippen molar-refractivity contribution in [2.24, 2.45) is 5.14 Å². The quantitative estimate of drug-likeness (QED) is 0.846. The smallest absolute Gasteiger partial charge is 0.238 e. The number of nitrogens with zero attached hydrogens (tertiary/aromatic N) is 1. The van der Waals surface area contributed by atoms with Gasteiger partial charge < -0.3 is 9.88 Å². The van der Waals surface area contributed by atoms with E-state index < -0.39 is 10.0 Å². The van der Waals surface area contributed by atoms with Crippen LogP contribution in [0.4, 0.5) is 0 Å². The first kappa shape index (κ1) is 14.8. The maximum atomic E-state index is 11.1. The van der Waals surface area contributed by atoms with Crippen LogP contribution in [-0.4, -0.2) is 13.0 Å². The lowest BCUT2D eigenvalue weighted by Crippen LogP contribution is -2.16. The summed E-state index contributed by atoms with van der Waals surface area (Å²) >= 11 is 0. The Morgan fingerprint density at radius 1 is 1.15 bits per heavy atom. The Hall–Kier alpha value is -1.63. The summed E-state index contributed by atoms with van der Waals surface area (Å²) < 4.78 is 24.5. The largest absolute Gasteiger partial charge is 0.351 e. The summed E-state index contributed by atoms with van der Waals surface area (Å²) in [5.74, 6) is 0. The second-order valence-corrected chi connectivity index (χ2v) is 6.14. The summed E-state index contributed by atoms with van der Waals surface area (Å²) in [5.41, 5.74) is 2.25. The number of rotatable bonds is 6. The number of nitrogens with two attached hydrogens (primary N) is 1. The minimum Gasteiger partial charge on any atom is -0.351 e. The van der Waals surface area contributed by atoms with Gasteiger partial charge in [0, 0.05) is 31.5 Å². The first-order valence-corrected chi connectivity index (χ1v) is 8.02. The van der Waals surface area contributed by atoms with Crippen LogP contribution in [0, 0.1) is 0 Å². The Bertz CT molecular complexity index is 660. The van der Waals surface area contributed by atoms with Gasteiger partial charge in [0.2, 0.25) is 10.0 Å². The van der Waals surface area contributed by atoms with Crippen LogP contribution >= 0.6 is 0 Å². The number of hydrogen-bond donors (Lipinski definition) is 2. The molecule has 0 fully saturated rings. The molecule has 0 aliphatic carbocycles. The van der Waals surface area contributed by atoms with Gasteiger partial charge in [-0.15, -0.1) is 0 Å². The van der Waals surface area contributed by atoms with Crippen molar-refractivity contribution in [2.45, 2.75) is 31.5 Å². The summed E-state index contributed by atoms with van der Waals surface area (Å²) in [5, 5.41) is 8.39. The van der Waals surface area contributed by atoms with E-state index in [0.717, 1.165) is 18.7 Å². The first-order valence-electron chi connectivity index (χ1n) is 6.47. The molecule has 0 spiro atoms. The maximum Gasteiger partial charge on any atom is 0.238 e. The summed E-state index contributed by atoms with van der Waals surface area (Å²) in [4.78, 5) is 0.140. The highest BCUT2D eigenvalue weighted by atomic mass is 32.2. The molecule has 0 bridgehead atoms. The molecule has 0 atom stereocenters. The summed E-state index contributed by atoms with van der Waals surface area (Å²) in [6.07, 6.45) is 2.05. The number of primary sulfonamides is 1. The average Bonchev–Trinajstić information content (AvgIpc) is 2.86. The lowest BCUT2D eigenvalue weighted by atomic mass is 10.2. The molecule has 0 radical (unpaired) electrons. The van der Waals surface area contributed by atoms with Gasteiger partial charge in [-0.05, 0) is 36.8 Å². The van der Waals surface area contributed by atoms with Crippen LogP contribution in [-0.2, 0) is 29.7 Å². The molecular weight excluding hydrogens is 274 g/mol. The van der Waals surface area contributed by atoms with Crippen molar-refractivity contribution in [1.29, 1.82) is 0 Å². The Balaban J connectivity index is 1.92. The molecule has 0 amide bonds. The van der Waals surface area contributed by atoms with Crippen molar-refractivity contribution >= 4 is 10.0 Å². The SMILES string of the molecule is CCn1cccc1CNCc1ccc(S(N)(=O)=O)cc1. The Kier molecular flexibility index (Phi) is 4.59. The van der Waals surface area contributed by atoms with E-state index in [1.165, 1.54) is 17.8 Å². The fourth-order valence-corrected chi connectivity index (χ4v) is 2.57. The van der Waals surface area contributed by atoms with Crippen molar-refractivity contribution in [3.8, 4) is 0 Å². The molecule has 2 rings (SSSR count). The third-order valence-corrected chi connectivity index (χ3v) is 4.08. The molecule has 6 heteroatoms. The fraction of sp³-hybridized carbons (Fsp3) is 0.286. The fourth-order valence-electron chi connectivity index (χ4n) is 2.05. The van der Waals surface area contributed by atoms with Crippen LogP contribution in [0.1, 0.15) is 18.2 Å². The standard InChI is InChI=1S/C14H19N3O2S/c1-2-17-9-3-4-13(17)11-16-10-12-5-7-14(8-6-12)20(15,18)19/h3-9,16H,2,10-11H2,1H3,(H2,15,18,19). The number of sulfonamides is 1. The number of nitrogens with one attached hydrogen (secondary N) is 1. The molecule has 0 aliphatic heterocycles. The summed E-state index contributed by atoms with van der Waals surface area (Å²) in [7, 11) is -3.61. The van der Waals surface area contributed by atoms with Crippen molar-refractivity contribution < 1.29 is 8.42 Å². The van der Waals surface area contributed by atoms with E-state index in [1.54, 1.807) is 12.1 Å². The second-order valence-electron chi connectivity index (χ2n) is 4.58. The highest BCUT2D eigenvalue weighted by molar-refractivity contribution is 7.89. The van der Waals surface area contributed by atoms with Crippen molar-refractivity contribution in [1.82, 2.24) is 9.88 Å². The molecule has 1 aromatic carbocycles. The van der Waals surface area contributed by atoms with Crippen LogP contribution in [0.25, 0.3) is 0 Å². The average molecular weight is 293 g/mol. The van der Waals surface area contributed by atoms with E-state index in [0.29, 0.717) is 6.54 Å². The lowest BCUT2D eigenvalue weighted by molar-refractivity contribution is 0.597. The summed E-state index contributed by atoms with van der Waals surface area (Å²) in [6, 6.07) is 10.7. The van der Waals surface area contributed by atoms with Gasteiger partial charge in [-0.3, -0.25) is 0 Å². The van der Waals surface area contributed by atoms with Gasteiger partial charge in [-0.1, -0.05) is 12.1 Å². The van der Waals surface area contributed by atoms with Gasteiger partial charge in [-0.2, -0.15) is 0 Å². The molecule has 20 heavy (non-hydrogen) atoms.